The van der Waals surface area contributed by atoms with Gasteiger partial charge in [0, 0.05) is 24.9 Å². The van der Waals surface area contributed by atoms with Gasteiger partial charge in [0.1, 0.15) is 6.04 Å². The van der Waals surface area contributed by atoms with Crippen LogP contribution in [0.2, 0.25) is 5.02 Å². The topological polar surface area (TPSA) is 81.2 Å². The molecule has 1 aromatic carbocycles. The summed E-state index contributed by atoms with van der Waals surface area (Å²) in [4.78, 5) is 48.0. The van der Waals surface area contributed by atoms with Crippen LogP contribution in [0.3, 0.4) is 0 Å². The summed E-state index contributed by atoms with van der Waals surface area (Å²) in [5.41, 5.74) is 1.49. The quantitative estimate of drug-likeness (QED) is 0.559. The van der Waals surface area contributed by atoms with Crippen LogP contribution >= 0.6 is 23.4 Å². The average molecular weight is 558 g/mol. The second-order valence-corrected chi connectivity index (χ2v) is 13.5. The molecular formula is C29H36ClN3O4S. The highest BCUT2D eigenvalue weighted by Gasteiger charge is 2.74. The van der Waals surface area contributed by atoms with E-state index in [1.807, 2.05) is 64.1 Å². The van der Waals surface area contributed by atoms with E-state index in [0.717, 1.165) is 12.0 Å². The van der Waals surface area contributed by atoms with E-state index in [4.69, 9.17) is 11.6 Å². The van der Waals surface area contributed by atoms with Crippen molar-refractivity contribution in [2.24, 2.45) is 17.8 Å². The molecule has 1 spiro atoms. The molecule has 38 heavy (non-hydrogen) atoms. The Morgan fingerprint density at radius 2 is 1.82 bits per heavy atom. The monoisotopic (exact) mass is 557 g/mol. The number of anilines is 1. The molecule has 0 aliphatic carbocycles. The van der Waals surface area contributed by atoms with Crippen LogP contribution in [0.25, 0.3) is 0 Å². The average Bonchev–Trinajstić information content (AvgIpc) is 3.15. The van der Waals surface area contributed by atoms with Crippen molar-refractivity contribution in [2.75, 3.05) is 31.6 Å². The lowest BCUT2D eigenvalue weighted by molar-refractivity contribution is -0.145. The number of likely N-dealkylation sites (tertiary alicyclic amines) is 1. The molecule has 2 fully saturated rings. The summed E-state index contributed by atoms with van der Waals surface area (Å²) in [6.45, 7) is 8.45. The van der Waals surface area contributed by atoms with Gasteiger partial charge in [-0.15, -0.1) is 11.8 Å². The Morgan fingerprint density at radius 1 is 1.11 bits per heavy atom. The maximum atomic E-state index is 14.7. The summed E-state index contributed by atoms with van der Waals surface area (Å²) < 4.78 is -1.62. The number of thioether (sulfide) groups is 1. The molecule has 0 saturated carbocycles. The Balaban J connectivity index is 1.72. The first kappa shape index (κ1) is 27.3. The number of aliphatic hydroxyl groups is 1. The zero-order chi connectivity index (χ0) is 27.6. The number of rotatable bonds is 5. The highest BCUT2D eigenvalue weighted by Crippen LogP contribution is 2.66. The molecule has 5 rings (SSSR count). The van der Waals surface area contributed by atoms with Crippen LogP contribution in [0, 0.1) is 24.7 Å². The standard InChI is InChI=1S/C29H36ClN3O4S/c1-6-17(2)20(16-34)33-24-27(37)32(23-18(3)10-7-11-19(23)30)15-9-13-29(24)22(26(33)36)21-25(35)31(5)14-8-12-28(21,4)38-29/h7-13,17,20-22,24,34H,6,14-16H2,1-5H3/t17-,20-,21-,22-,24?,28+,29-/m0/s1. The number of halogens is 1. The van der Waals surface area contributed by atoms with Crippen molar-refractivity contribution in [3.63, 3.8) is 0 Å². The maximum absolute atomic E-state index is 14.7. The Labute approximate surface area is 233 Å². The normalized spacial score (nSPS) is 34.1. The lowest BCUT2D eigenvalue weighted by Crippen LogP contribution is -2.58. The van der Waals surface area contributed by atoms with Gasteiger partial charge >= 0.3 is 0 Å². The molecule has 4 heterocycles. The van der Waals surface area contributed by atoms with E-state index in [0.29, 0.717) is 23.8 Å². The Bertz CT molecular complexity index is 1220. The van der Waals surface area contributed by atoms with Gasteiger partial charge in [-0.3, -0.25) is 14.4 Å². The molecular weight excluding hydrogens is 522 g/mol. The first-order chi connectivity index (χ1) is 18.0. The number of aliphatic hydroxyl groups excluding tert-OH is 1. The number of fused-ring (bicyclic) bond motifs is 2. The number of hydrogen-bond donors (Lipinski definition) is 1. The molecule has 4 aliphatic rings. The van der Waals surface area contributed by atoms with Crippen LogP contribution in [0.15, 0.2) is 42.5 Å². The fourth-order valence-electron chi connectivity index (χ4n) is 6.92. The second-order valence-electron chi connectivity index (χ2n) is 11.3. The van der Waals surface area contributed by atoms with Crippen LogP contribution in [0.5, 0.6) is 0 Å². The zero-order valence-electron chi connectivity index (χ0n) is 22.6. The minimum absolute atomic E-state index is 0.0425. The molecule has 4 aliphatic heterocycles. The summed E-state index contributed by atoms with van der Waals surface area (Å²) in [5, 5.41) is 11.0. The smallest absolute Gasteiger partial charge is 0.251 e. The zero-order valence-corrected chi connectivity index (χ0v) is 24.1. The van der Waals surface area contributed by atoms with Crippen molar-refractivity contribution >= 4 is 46.8 Å². The number of likely N-dealkylation sites (N-methyl/N-ethyl adjacent to an activating group) is 1. The van der Waals surface area contributed by atoms with Gasteiger partial charge in [0.15, 0.2) is 0 Å². The van der Waals surface area contributed by atoms with Crippen LogP contribution < -0.4 is 4.90 Å². The van der Waals surface area contributed by atoms with Crippen LogP contribution in [-0.4, -0.2) is 80.9 Å². The third-order valence-electron chi connectivity index (χ3n) is 9.00. The predicted molar refractivity (Wildman–Crippen MR) is 151 cm³/mol. The minimum Gasteiger partial charge on any atom is -0.394 e. The number of hydrogen-bond acceptors (Lipinski definition) is 5. The fraction of sp³-hybridized carbons (Fsp3) is 0.552. The number of nitrogens with zero attached hydrogens (tertiary/aromatic N) is 3. The van der Waals surface area contributed by atoms with E-state index < -0.39 is 33.4 Å². The molecule has 0 aromatic heterocycles. The SMILES string of the molecule is CC[C@H](C)[C@H](CO)N1C(=O)[C@@H]2[C@H]3C(=O)N(C)CC=C[C@@]3(C)S[C@@]23C=CCN(c2c(C)cccc2Cl)C(=O)C13. The Hall–Kier alpha value is -2.29. The van der Waals surface area contributed by atoms with Gasteiger partial charge in [0.05, 0.1) is 39.9 Å². The number of carbonyl (C=O) groups is 3. The summed E-state index contributed by atoms with van der Waals surface area (Å²) in [7, 11) is 1.76. The predicted octanol–water partition coefficient (Wildman–Crippen LogP) is 3.67. The number of aryl methyl sites for hydroxylation is 1. The Morgan fingerprint density at radius 3 is 2.47 bits per heavy atom. The molecule has 0 radical (unpaired) electrons. The summed E-state index contributed by atoms with van der Waals surface area (Å²) >= 11 is 8.18. The third kappa shape index (κ3) is 3.78. The van der Waals surface area contributed by atoms with Crippen molar-refractivity contribution in [3.05, 3.63) is 53.1 Å². The van der Waals surface area contributed by atoms with E-state index in [1.54, 1.807) is 39.6 Å². The minimum atomic E-state index is -0.962. The first-order valence-corrected chi connectivity index (χ1v) is 14.5. The van der Waals surface area contributed by atoms with Crippen molar-refractivity contribution in [3.8, 4) is 0 Å². The number of para-hydroxylation sites is 1. The molecule has 9 heteroatoms. The third-order valence-corrected chi connectivity index (χ3v) is 11.1. The van der Waals surface area contributed by atoms with Gasteiger partial charge in [-0.05, 0) is 31.4 Å². The molecule has 1 N–H and O–H groups in total. The summed E-state index contributed by atoms with van der Waals surface area (Å²) in [5.74, 6) is -1.96. The number of amides is 3. The number of carbonyl (C=O) groups excluding carboxylic acids is 3. The lowest BCUT2D eigenvalue weighted by Gasteiger charge is -2.41. The molecule has 7 atom stereocenters. The molecule has 0 bridgehead atoms. The summed E-state index contributed by atoms with van der Waals surface area (Å²) in [6.07, 6.45) is 8.71. The van der Waals surface area contributed by atoms with Gasteiger partial charge in [0.2, 0.25) is 11.8 Å². The van der Waals surface area contributed by atoms with Crippen LogP contribution in [-0.2, 0) is 14.4 Å². The Kier molecular flexibility index (Phi) is 6.98. The highest BCUT2D eigenvalue weighted by molar-refractivity contribution is 8.02. The van der Waals surface area contributed by atoms with E-state index in [9.17, 15) is 19.5 Å². The van der Waals surface area contributed by atoms with Crippen molar-refractivity contribution in [1.29, 1.82) is 0 Å². The number of benzene rings is 1. The van der Waals surface area contributed by atoms with E-state index in [-0.39, 0.29) is 30.2 Å². The first-order valence-electron chi connectivity index (χ1n) is 13.3. The lowest BCUT2D eigenvalue weighted by atomic mass is 9.74. The van der Waals surface area contributed by atoms with E-state index >= 15 is 0 Å². The molecule has 2 saturated heterocycles. The van der Waals surface area contributed by atoms with Gasteiger partial charge in [-0.25, -0.2) is 0 Å². The maximum Gasteiger partial charge on any atom is 0.251 e. The van der Waals surface area contributed by atoms with Gasteiger partial charge in [0.25, 0.3) is 5.91 Å². The molecule has 3 amide bonds. The van der Waals surface area contributed by atoms with Gasteiger partial charge < -0.3 is 19.8 Å². The highest BCUT2D eigenvalue weighted by atomic mass is 35.5. The van der Waals surface area contributed by atoms with Crippen LogP contribution in [0.4, 0.5) is 5.69 Å². The van der Waals surface area contributed by atoms with Crippen LogP contribution in [0.1, 0.15) is 32.8 Å². The molecule has 1 unspecified atom stereocenters. The fourth-order valence-corrected chi connectivity index (χ4v) is 9.39. The van der Waals surface area contributed by atoms with Gasteiger partial charge in [-0.2, -0.15) is 0 Å². The second kappa shape index (κ2) is 9.72. The van der Waals surface area contributed by atoms with Gasteiger partial charge in [-0.1, -0.05) is 68.3 Å². The largest absolute Gasteiger partial charge is 0.394 e. The molecule has 7 nitrogen and oxygen atoms in total. The van der Waals surface area contributed by atoms with E-state index in [1.165, 1.54) is 0 Å². The van der Waals surface area contributed by atoms with Crippen molar-refractivity contribution in [1.82, 2.24) is 9.80 Å². The molecule has 204 valence electrons. The van der Waals surface area contributed by atoms with E-state index in [2.05, 4.69) is 0 Å². The molecule has 1 aromatic rings. The van der Waals surface area contributed by atoms with Crippen molar-refractivity contribution in [2.45, 2.75) is 55.7 Å². The van der Waals surface area contributed by atoms with Crippen molar-refractivity contribution < 1.29 is 19.5 Å². The summed E-state index contributed by atoms with van der Waals surface area (Å²) in [6, 6.07) is 4.09.